The van der Waals surface area contributed by atoms with Crippen molar-refractivity contribution in [3.63, 3.8) is 0 Å². The summed E-state index contributed by atoms with van der Waals surface area (Å²) in [5, 5.41) is 3.36. The summed E-state index contributed by atoms with van der Waals surface area (Å²) in [7, 11) is 0. The van der Waals surface area contributed by atoms with Crippen molar-refractivity contribution in [1.29, 1.82) is 0 Å². The van der Waals surface area contributed by atoms with E-state index in [0.29, 0.717) is 17.3 Å². The Labute approximate surface area is 235 Å². The van der Waals surface area contributed by atoms with Gasteiger partial charge in [-0.3, -0.25) is 4.79 Å². The maximum absolute atomic E-state index is 12.5. The maximum Gasteiger partial charge on any atom is 0.307 e. The molecule has 4 aliphatic rings. The Balaban J connectivity index is 1.28. The highest BCUT2D eigenvalue weighted by Crippen LogP contribution is 2.68. The normalized spacial score (nSPS) is 39.3. The summed E-state index contributed by atoms with van der Waals surface area (Å²) in [5.74, 6) is 6.18. The SMILES string of the molecule is CC(C)CCC[C@@H](C)[C@H]1CC[C@H]2[C@@H]3CC[C@H]4C[C@@H](OC(=O)CCNCCCCN)CC[C@]4(C)[C@H]3CC[C@]12C. The van der Waals surface area contributed by atoms with Gasteiger partial charge >= 0.3 is 5.97 Å². The number of nitrogens with one attached hydrogen (secondary N) is 1. The molecule has 4 fully saturated rings. The highest BCUT2D eigenvalue weighted by atomic mass is 16.5. The van der Waals surface area contributed by atoms with Gasteiger partial charge in [0.25, 0.3) is 0 Å². The lowest BCUT2D eigenvalue weighted by Gasteiger charge is -2.61. The van der Waals surface area contributed by atoms with Crippen LogP contribution in [0.1, 0.15) is 131 Å². The van der Waals surface area contributed by atoms with Crippen molar-refractivity contribution in [1.82, 2.24) is 5.32 Å². The van der Waals surface area contributed by atoms with Gasteiger partial charge in [-0.2, -0.15) is 0 Å². The van der Waals surface area contributed by atoms with Gasteiger partial charge < -0.3 is 15.8 Å². The Morgan fingerprint density at radius 3 is 2.42 bits per heavy atom. The lowest BCUT2D eigenvalue weighted by atomic mass is 9.44. The van der Waals surface area contributed by atoms with Crippen LogP contribution in [0.4, 0.5) is 0 Å². The quantitative estimate of drug-likeness (QED) is 0.189. The molecular formula is C34H62N2O2. The van der Waals surface area contributed by atoms with Crippen molar-refractivity contribution < 1.29 is 9.53 Å². The summed E-state index contributed by atoms with van der Waals surface area (Å²) >= 11 is 0. The molecule has 0 radical (unpaired) electrons. The highest BCUT2D eigenvalue weighted by Gasteiger charge is 2.60. The Morgan fingerprint density at radius 1 is 0.895 bits per heavy atom. The van der Waals surface area contributed by atoms with E-state index in [1.54, 1.807) is 0 Å². The molecule has 4 heteroatoms. The van der Waals surface area contributed by atoms with Gasteiger partial charge in [-0.15, -0.1) is 0 Å². The van der Waals surface area contributed by atoms with Crippen LogP contribution in [-0.2, 0) is 9.53 Å². The predicted octanol–water partition coefficient (Wildman–Crippen LogP) is 7.74. The van der Waals surface area contributed by atoms with Crippen LogP contribution in [0.5, 0.6) is 0 Å². The Morgan fingerprint density at radius 2 is 1.66 bits per heavy atom. The average Bonchev–Trinajstić information content (AvgIpc) is 3.23. The Hall–Kier alpha value is -0.610. The van der Waals surface area contributed by atoms with E-state index in [1.807, 2.05) is 0 Å². The number of carbonyl (C=O) groups is 1. The van der Waals surface area contributed by atoms with Crippen molar-refractivity contribution in [2.45, 2.75) is 137 Å². The number of nitrogens with two attached hydrogens (primary N) is 1. The molecule has 0 saturated heterocycles. The molecule has 0 bridgehead atoms. The molecule has 0 amide bonds. The van der Waals surface area contributed by atoms with Crippen LogP contribution in [0, 0.1) is 52.3 Å². The lowest BCUT2D eigenvalue weighted by Crippen LogP contribution is -2.54. The molecule has 4 saturated carbocycles. The van der Waals surface area contributed by atoms with E-state index in [1.165, 1.54) is 64.2 Å². The molecule has 220 valence electrons. The monoisotopic (exact) mass is 530 g/mol. The van der Waals surface area contributed by atoms with Crippen molar-refractivity contribution in [2.24, 2.45) is 58.0 Å². The lowest BCUT2D eigenvalue weighted by molar-refractivity contribution is -0.162. The highest BCUT2D eigenvalue weighted by molar-refractivity contribution is 5.69. The van der Waals surface area contributed by atoms with Gasteiger partial charge in [-0.25, -0.2) is 0 Å². The molecule has 0 aromatic heterocycles. The van der Waals surface area contributed by atoms with Crippen LogP contribution in [0.3, 0.4) is 0 Å². The number of rotatable bonds is 13. The van der Waals surface area contributed by atoms with Gasteiger partial charge in [0.15, 0.2) is 0 Å². The molecule has 3 N–H and O–H groups in total. The minimum Gasteiger partial charge on any atom is -0.462 e. The molecule has 0 aromatic carbocycles. The molecule has 0 unspecified atom stereocenters. The molecule has 0 heterocycles. The van der Waals surface area contributed by atoms with Crippen molar-refractivity contribution >= 4 is 5.97 Å². The number of carbonyl (C=O) groups excluding carboxylic acids is 1. The summed E-state index contributed by atoms with van der Waals surface area (Å²) in [5.41, 5.74) is 6.59. The molecule has 0 aromatic rings. The third-order valence-electron chi connectivity index (χ3n) is 12.4. The van der Waals surface area contributed by atoms with Gasteiger partial charge in [0.2, 0.25) is 0 Å². The zero-order chi connectivity index (χ0) is 27.3. The van der Waals surface area contributed by atoms with Crippen LogP contribution in [0.15, 0.2) is 0 Å². The zero-order valence-corrected chi connectivity index (χ0v) is 25.7. The van der Waals surface area contributed by atoms with Gasteiger partial charge in [0, 0.05) is 6.54 Å². The summed E-state index contributed by atoms with van der Waals surface area (Å²) < 4.78 is 6.02. The predicted molar refractivity (Wildman–Crippen MR) is 159 cm³/mol. The second-order valence-corrected chi connectivity index (χ2v) is 15.1. The van der Waals surface area contributed by atoms with Crippen molar-refractivity contribution in [2.75, 3.05) is 19.6 Å². The summed E-state index contributed by atoms with van der Waals surface area (Å²) in [6.07, 6.45) is 19.1. The van der Waals surface area contributed by atoms with Crippen molar-refractivity contribution in [3.05, 3.63) is 0 Å². The third-order valence-corrected chi connectivity index (χ3v) is 12.4. The molecule has 9 atom stereocenters. The number of ether oxygens (including phenoxy) is 1. The van der Waals surface area contributed by atoms with E-state index >= 15 is 0 Å². The topological polar surface area (TPSA) is 64.3 Å². The maximum atomic E-state index is 12.5. The number of esters is 1. The fourth-order valence-corrected chi connectivity index (χ4v) is 10.3. The average molecular weight is 531 g/mol. The van der Waals surface area contributed by atoms with Crippen LogP contribution in [-0.4, -0.2) is 31.7 Å². The summed E-state index contributed by atoms with van der Waals surface area (Å²) in [6.45, 7) is 15.1. The van der Waals surface area contributed by atoms with E-state index in [2.05, 4.69) is 39.9 Å². The minimum absolute atomic E-state index is 0.00782. The fourth-order valence-electron chi connectivity index (χ4n) is 10.3. The molecule has 38 heavy (non-hydrogen) atoms. The molecule has 4 nitrogen and oxygen atoms in total. The minimum atomic E-state index is -0.00782. The Bertz CT molecular complexity index is 755. The summed E-state index contributed by atoms with van der Waals surface area (Å²) in [4.78, 5) is 12.5. The first kappa shape index (κ1) is 30.4. The second kappa shape index (κ2) is 13.4. The van der Waals surface area contributed by atoms with Crippen LogP contribution in [0.25, 0.3) is 0 Å². The largest absolute Gasteiger partial charge is 0.462 e. The molecule has 0 aliphatic heterocycles. The first-order valence-electron chi connectivity index (χ1n) is 16.8. The number of fused-ring (bicyclic) bond motifs is 5. The van der Waals surface area contributed by atoms with Crippen LogP contribution >= 0.6 is 0 Å². The van der Waals surface area contributed by atoms with E-state index in [9.17, 15) is 4.79 Å². The number of hydrogen-bond donors (Lipinski definition) is 2. The van der Waals surface area contributed by atoms with Gasteiger partial charge in [-0.1, -0.05) is 53.9 Å². The van der Waals surface area contributed by atoms with Crippen molar-refractivity contribution in [3.8, 4) is 0 Å². The summed E-state index contributed by atoms with van der Waals surface area (Å²) in [6, 6.07) is 0. The zero-order valence-electron chi connectivity index (χ0n) is 25.7. The molecule has 0 spiro atoms. The first-order valence-corrected chi connectivity index (χ1v) is 16.8. The molecular weight excluding hydrogens is 468 g/mol. The Kier molecular flexibility index (Phi) is 10.7. The second-order valence-electron chi connectivity index (χ2n) is 15.1. The third kappa shape index (κ3) is 6.64. The van der Waals surface area contributed by atoms with E-state index in [0.717, 1.165) is 86.7 Å². The standard InChI is InChI=1S/C34H62N2O2/c1-24(2)9-8-10-25(3)29-13-14-30-28-12-11-26-23-27(38-32(37)17-22-36-21-7-6-20-35)15-18-33(26,4)31(28)16-19-34(29,30)5/h24-31,36H,6-23,35H2,1-5H3/t25-,26+,27+,28+,29-,30+,31+,33+,34-/m1/s1. The first-order chi connectivity index (χ1) is 18.2. The fraction of sp³-hybridized carbons (Fsp3) is 0.971. The van der Waals surface area contributed by atoms with Crippen LogP contribution < -0.4 is 11.1 Å². The van der Waals surface area contributed by atoms with E-state index < -0.39 is 0 Å². The number of unbranched alkanes of at least 4 members (excludes halogenated alkanes) is 1. The molecule has 4 rings (SSSR count). The molecule has 4 aliphatic carbocycles. The smallest absolute Gasteiger partial charge is 0.307 e. The van der Waals surface area contributed by atoms with Crippen LogP contribution in [0.2, 0.25) is 0 Å². The number of hydrogen-bond acceptors (Lipinski definition) is 4. The van der Waals surface area contributed by atoms with E-state index in [-0.39, 0.29) is 12.1 Å². The van der Waals surface area contributed by atoms with E-state index in [4.69, 9.17) is 10.5 Å². The van der Waals surface area contributed by atoms with Gasteiger partial charge in [0.05, 0.1) is 6.42 Å². The van der Waals surface area contributed by atoms with Gasteiger partial charge in [0.1, 0.15) is 6.10 Å². The van der Waals surface area contributed by atoms with Gasteiger partial charge in [-0.05, 0) is 136 Å².